The molecule has 0 spiro atoms. The summed E-state index contributed by atoms with van der Waals surface area (Å²) >= 11 is 0. The lowest BCUT2D eigenvalue weighted by atomic mass is 9.97. The average molecular weight is 228 g/mol. The summed E-state index contributed by atoms with van der Waals surface area (Å²) in [6, 6.07) is 9.34. The topological polar surface area (TPSA) is 15.3 Å². The molecule has 1 heterocycles. The Kier molecular flexibility index (Phi) is 4.06. The van der Waals surface area contributed by atoms with Crippen molar-refractivity contribution >= 4 is 5.69 Å². The van der Waals surface area contributed by atoms with E-state index in [0.29, 0.717) is 12.6 Å². The summed E-state index contributed by atoms with van der Waals surface area (Å²) in [6.07, 6.45) is 7.67. The molecule has 1 N–H and O–H groups in total. The summed E-state index contributed by atoms with van der Waals surface area (Å²) in [5, 5.41) is 3.26. The predicted octanol–water partition coefficient (Wildman–Crippen LogP) is 2.05. The average Bonchev–Trinajstić information content (AvgIpc) is 2.37. The van der Waals surface area contributed by atoms with Crippen molar-refractivity contribution in [2.75, 3.05) is 24.5 Å². The third-order valence-corrected chi connectivity index (χ3v) is 3.42. The number of nitrogens with zero attached hydrogens (tertiary/aromatic N) is 1. The van der Waals surface area contributed by atoms with Crippen LogP contribution in [0.4, 0.5) is 5.69 Å². The minimum atomic E-state index is 0.623. The Hall–Kier alpha value is -1.46. The number of aryl methyl sites for hydroxylation is 1. The van der Waals surface area contributed by atoms with Gasteiger partial charge in [-0.2, -0.15) is 0 Å². The van der Waals surface area contributed by atoms with Crippen molar-refractivity contribution < 1.29 is 0 Å². The van der Waals surface area contributed by atoms with Gasteiger partial charge in [0.1, 0.15) is 0 Å². The molecule has 2 heteroatoms. The van der Waals surface area contributed by atoms with Crippen LogP contribution >= 0.6 is 0 Å². The molecule has 0 fully saturated rings. The van der Waals surface area contributed by atoms with Crippen molar-refractivity contribution in [1.82, 2.24) is 5.32 Å². The Morgan fingerprint density at radius 3 is 3.12 bits per heavy atom. The molecule has 1 aliphatic rings. The molecule has 0 saturated carbocycles. The van der Waals surface area contributed by atoms with E-state index in [0.717, 1.165) is 13.1 Å². The standard InChI is InChI=1S/C15H20N2/c1-3-10-16-11-12-17-13(2)8-9-14-6-4-5-7-15(14)17/h1,4-7,13,16H,8-12H2,2H3. The molecule has 1 aromatic carbocycles. The zero-order valence-corrected chi connectivity index (χ0v) is 10.4. The molecule has 1 aliphatic heterocycles. The third kappa shape index (κ3) is 2.81. The molecule has 1 atom stereocenters. The van der Waals surface area contributed by atoms with Crippen molar-refractivity contribution in [2.24, 2.45) is 0 Å². The van der Waals surface area contributed by atoms with Crippen LogP contribution in [0.3, 0.4) is 0 Å². The lowest BCUT2D eigenvalue weighted by Crippen LogP contribution is -2.41. The van der Waals surface area contributed by atoms with Crippen LogP contribution in [0, 0.1) is 12.3 Å². The fourth-order valence-electron chi connectivity index (χ4n) is 2.46. The zero-order chi connectivity index (χ0) is 12.1. The molecule has 0 amide bonds. The zero-order valence-electron chi connectivity index (χ0n) is 10.4. The Balaban J connectivity index is 2.03. The molecular weight excluding hydrogens is 208 g/mol. The fraction of sp³-hybridized carbons (Fsp3) is 0.467. The second kappa shape index (κ2) is 5.75. The summed E-state index contributed by atoms with van der Waals surface area (Å²) in [4.78, 5) is 2.49. The summed E-state index contributed by atoms with van der Waals surface area (Å²) in [5.74, 6) is 2.61. The normalized spacial score (nSPS) is 18.6. The maximum atomic E-state index is 5.23. The minimum absolute atomic E-state index is 0.623. The molecule has 0 saturated heterocycles. The molecule has 2 rings (SSSR count). The van der Waals surface area contributed by atoms with Crippen LogP contribution in [0.5, 0.6) is 0 Å². The Labute approximate surface area is 104 Å². The van der Waals surface area contributed by atoms with Crippen molar-refractivity contribution in [3.05, 3.63) is 29.8 Å². The van der Waals surface area contributed by atoms with E-state index in [9.17, 15) is 0 Å². The first-order valence-electron chi connectivity index (χ1n) is 6.31. The molecule has 17 heavy (non-hydrogen) atoms. The predicted molar refractivity (Wildman–Crippen MR) is 73.3 cm³/mol. The SMILES string of the molecule is C#CCNCCN1c2ccccc2CCC1C. The van der Waals surface area contributed by atoms with Crippen LogP contribution < -0.4 is 10.2 Å². The quantitative estimate of drug-likeness (QED) is 0.627. The van der Waals surface area contributed by atoms with Gasteiger partial charge >= 0.3 is 0 Å². The van der Waals surface area contributed by atoms with E-state index >= 15 is 0 Å². The van der Waals surface area contributed by atoms with Gasteiger partial charge in [0.15, 0.2) is 0 Å². The number of nitrogens with one attached hydrogen (secondary N) is 1. The number of rotatable bonds is 4. The number of hydrogen-bond donors (Lipinski definition) is 1. The molecule has 1 aromatic rings. The maximum Gasteiger partial charge on any atom is 0.0574 e. The van der Waals surface area contributed by atoms with E-state index < -0.39 is 0 Å². The first-order valence-corrected chi connectivity index (χ1v) is 6.31. The number of para-hydroxylation sites is 1. The lowest BCUT2D eigenvalue weighted by molar-refractivity contribution is 0.551. The van der Waals surface area contributed by atoms with Crippen LogP contribution in [-0.4, -0.2) is 25.7 Å². The lowest BCUT2D eigenvalue weighted by Gasteiger charge is -2.37. The largest absolute Gasteiger partial charge is 0.367 e. The number of fused-ring (bicyclic) bond motifs is 1. The van der Waals surface area contributed by atoms with Gasteiger partial charge in [0.2, 0.25) is 0 Å². The van der Waals surface area contributed by atoms with Crippen LogP contribution in [0.1, 0.15) is 18.9 Å². The van der Waals surface area contributed by atoms with Crippen molar-refractivity contribution in [2.45, 2.75) is 25.8 Å². The highest BCUT2D eigenvalue weighted by atomic mass is 15.2. The van der Waals surface area contributed by atoms with E-state index in [2.05, 4.69) is 47.3 Å². The molecule has 0 aliphatic carbocycles. The second-order valence-corrected chi connectivity index (χ2v) is 4.59. The van der Waals surface area contributed by atoms with Crippen molar-refractivity contribution in [3.63, 3.8) is 0 Å². The van der Waals surface area contributed by atoms with Crippen LogP contribution in [0.25, 0.3) is 0 Å². The summed E-state index contributed by atoms with van der Waals surface area (Å²) < 4.78 is 0. The second-order valence-electron chi connectivity index (χ2n) is 4.59. The first-order chi connectivity index (χ1) is 8.33. The van der Waals surface area contributed by atoms with Gasteiger partial charge in [-0.15, -0.1) is 6.42 Å². The first kappa shape index (κ1) is 12.0. The highest BCUT2D eigenvalue weighted by Gasteiger charge is 2.21. The Bertz CT molecular complexity index is 406. The number of anilines is 1. The van der Waals surface area contributed by atoms with Crippen LogP contribution in [-0.2, 0) is 6.42 Å². The van der Waals surface area contributed by atoms with E-state index in [-0.39, 0.29) is 0 Å². The number of benzene rings is 1. The van der Waals surface area contributed by atoms with Gasteiger partial charge in [0.25, 0.3) is 0 Å². The molecule has 90 valence electrons. The van der Waals surface area contributed by atoms with E-state index in [1.165, 1.54) is 24.1 Å². The third-order valence-electron chi connectivity index (χ3n) is 3.42. The summed E-state index contributed by atoms with van der Waals surface area (Å²) in [5.41, 5.74) is 2.87. The number of hydrogen-bond acceptors (Lipinski definition) is 2. The highest BCUT2D eigenvalue weighted by molar-refractivity contribution is 5.56. The van der Waals surface area contributed by atoms with Gasteiger partial charge in [-0.1, -0.05) is 24.1 Å². The number of terminal acetylenes is 1. The molecule has 1 unspecified atom stereocenters. The van der Waals surface area contributed by atoms with Gasteiger partial charge < -0.3 is 10.2 Å². The highest BCUT2D eigenvalue weighted by Crippen LogP contribution is 2.29. The summed E-state index contributed by atoms with van der Waals surface area (Å²) in [7, 11) is 0. The molecular formula is C15H20N2. The fourth-order valence-corrected chi connectivity index (χ4v) is 2.46. The van der Waals surface area contributed by atoms with Gasteiger partial charge in [0, 0.05) is 24.8 Å². The van der Waals surface area contributed by atoms with Crippen molar-refractivity contribution in [3.8, 4) is 12.3 Å². The van der Waals surface area contributed by atoms with Crippen LogP contribution in [0.15, 0.2) is 24.3 Å². The van der Waals surface area contributed by atoms with Gasteiger partial charge in [-0.05, 0) is 31.4 Å². The van der Waals surface area contributed by atoms with E-state index in [4.69, 9.17) is 6.42 Å². The Morgan fingerprint density at radius 1 is 1.47 bits per heavy atom. The van der Waals surface area contributed by atoms with Crippen LogP contribution in [0.2, 0.25) is 0 Å². The van der Waals surface area contributed by atoms with Gasteiger partial charge in [-0.25, -0.2) is 0 Å². The van der Waals surface area contributed by atoms with E-state index in [1.807, 2.05) is 0 Å². The maximum absolute atomic E-state index is 5.23. The van der Waals surface area contributed by atoms with Gasteiger partial charge in [-0.3, -0.25) is 0 Å². The smallest absolute Gasteiger partial charge is 0.0574 e. The van der Waals surface area contributed by atoms with Crippen molar-refractivity contribution in [1.29, 1.82) is 0 Å². The summed E-state index contributed by atoms with van der Waals surface area (Å²) in [6.45, 7) is 4.93. The molecule has 0 radical (unpaired) electrons. The van der Waals surface area contributed by atoms with E-state index in [1.54, 1.807) is 0 Å². The molecule has 0 bridgehead atoms. The Morgan fingerprint density at radius 2 is 2.29 bits per heavy atom. The minimum Gasteiger partial charge on any atom is -0.367 e. The monoisotopic (exact) mass is 228 g/mol. The molecule has 0 aromatic heterocycles. The van der Waals surface area contributed by atoms with Gasteiger partial charge in [0.05, 0.1) is 6.54 Å². The molecule has 2 nitrogen and oxygen atoms in total.